The van der Waals surface area contributed by atoms with Crippen LogP contribution in [0.1, 0.15) is 33.1 Å². The lowest BCUT2D eigenvalue weighted by atomic mass is 10.0. The van der Waals surface area contributed by atoms with Crippen LogP contribution in [0.2, 0.25) is 0 Å². The van der Waals surface area contributed by atoms with Gasteiger partial charge in [-0.25, -0.2) is 0 Å². The highest BCUT2D eigenvalue weighted by Crippen LogP contribution is 2.18. The predicted octanol–water partition coefficient (Wildman–Crippen LogP) is 0.769. The second kappa shape index (κ2) is 5.14. The molecule has 86 valence electrons. The maximum Gasteiger partial charge on any atom is 0.242 e. The Morgan fingerprint density at radius 1 is 1.53 bits per heavy atom. The van der Waals surface area contributed by atoms with Gasteiger partial charge in [0.2, 0.25) is 11.8 Å². The zero-order valence-corrected chi connectivity index (χ0v) is 9.75. The molecule has 1 aliphatic rings. The Labute approximate surface area is 91.0 Å². The van der Waals surface area contributed by atoms with Crippen LogP contribution in [0.4, 0.5) is 0 Å². The SMILES string of the molecule is CNC(=O)C(CC(C)C)N1CCCC1=O. The second-order valence-corrected chi connectivity index (χ2v) is 4.45. The summed E-state index contributed by atoms with van der Waals surface area (Å²) >= 11 is 0. The average Bonchev–Trinajstić information content (AvgIpc) is 2.59. The third-order valence-electron chi connectivity index (χ3n) is 2.73. The summed E-state index contributed by atoms with van der Waals surface area (Å²) in [7, 11) is 1.62. The van der Waals surface area contributed by atoms with Gasteiger partial charge in [0.25, 0.3) is 0 Å². The molecule has 1 N–H and O–H groups in total. The number of carbonyl (C=O) groups excluding carboxylic acids is 2. The number of nitrogens with one attached hydrogen (secondary N) is 1. The molecule has 1 aliphatic heterocycles. The average molecular weight is 212 g/mol. The van der Waals surface area contributed by atoms with Gasteiger partial charge < -0.3 is 10.2 Å². The number of likely N-dealkylation sites (N-methyl/N-ethyl adjacent to an activating group) is 1. The van der Waals surface area contributed by atoms with Gasteiger partial charge >= 0.3 is 0 Å². The van der Waals surface area contributed by atoms with Gasteiger partial charge in [-0.05, 0) is 18.8 Å². The molecule has 1 saturated heterocycles. The number of likely N-dealkylation sites (tertiary alicyclic amines) is 1. The molecule has 15 heavy (non-hydrogen) atoms. The first-order chi connectivity index (χ1) is 7.06. The lowest BCUT2D eigenvalue weighted by molar-refractivity contribution is -0.137. The third kappa shape index (κ3) is 2.94. The van der Waals surface area contributed by atoms with Crippen molar-refractivity contribution in [3.8, 4) is 0 Å². The van der Waals surface area contributed by atoms with E-state index in [2.05, 4.69) is 19.2 Å². The Balaban J connectivity index is 2.70. The molecule has 0 aliphatic carbocycles. The maximum atomic E-state index is 11.7. The fraction of sp³-hybridized carbons (Fsp3) is 0.818. The third-order valence-corrected chi connectivity index (χ3v) is 2.73. The molecule has 0 radical (unpaired) electrons. The Morgan fingerprint density at radius 2 is 2.20 bits per heavy atom. The first-order valence-electron chi connectivity index (χ1n) is 5.57. The number of hydrogen-bond donors (Lipinski definition) is 1. The van der Waals surface area contributed by atoms with Gasteiger partial charge in [-0.1, -0.05) is 13.8 Å². The van der Waals surface area contributed by atoms with Gasteiger partial charge in [-0.2, -0.15) is 0 Å². The Morgan fingerprint density at radius 3 is 2.60 bits per heavy atom. The molecule has 1 rings (SSSR count). The van der Waals surface area contributed by atoms with Crippen LogP contribution in [0.25, 0.3) is 0 Å². The van der Waals surface area contributed by atoms with Crippen LogP contribution < -0.4 is 5.32 Å². The molecule has 2 amide bonds. The summed E-state index contributed by atoms with van der Waals surface area (Å²) < 4.78 is 0. The van der Waals surface area contributed by atoms with Crippen molar-refractivity contribution < 1.29 is 9.59 Å². The van der Waals surface area contributed by atoms with Gasteiger partial charge in [0.1, 0.15) is 6.04 Å². The monoisotopic (exact) mass is 212 g/mol. The largest absolute Gasteiger partial charge is 0.357 e. The normalized spacial score (nSPS) is 18.4. The molecule has 4 heteroatoms. The van der Waals surface area contributed by atoms with Gasteiger partial charge in [-0.15, -0.1) is 0 Å². The summed E-state index contributed by atoms with van der Waals surface area (Å²) in [4.78, 5) is 25.0. The second-order valence-electron chi connectivity index (χ2n) is 4.45. The van der Waals surface area contributed by atoms with E-state index in [0.717, 1.165) is 19.4 Å². The van der Waals surface area contributed by atoms with Gasteiger partial charge in [0.15, 0.2) is 0 Å². The fourth-order valence-electron chi connectivity index (χ4n) is 1.99. The lowest BCUT2D eigenvalue weighted by Crippen LogP contribution is -2.47. The first kappa shape index (κ1) is 12.0. The van der Waals surface area contributed by atoms with Gasteiger partial charge in [-0.3, -0.25) is 9.59 Å². The number of amides is 2. The zero-order chi connectivity index (χ0) is 11.4. The summed E-state index contributed by atoms with van der Waals surface area (Å²) in [6.45, 7) is 4.86. The Hall–Kier alpha value is -1.06. The van der Waals surface area contributed by atoms with Gasteiger partial charge in [0, 0.05) is 20.0 Å². The summed E-state index contributed by atoms with van der Waals surface area (Å²) in [6, 6.07) is -0.273. The van der Waals surface area contributed by atoms with Crippen LogP contribution >= 0.6 is 0 Å². The molecule has 1 atom stereocenters. The summed E-state index contributed by atoms with van der Waals surface area (Å²) in [5, 5.41) is 2.64. The highest BCUT2D eigenvalue weighted by molar-refractivity contribution is 5.88. The van der Waals surface area contributed by atoms with Crippen molar-refractivity contribution in [2.24, 2.45) is 5.92 Å². The number of carbonyl (C=O) groups is 2. The van der Waals surface area contributed by atoms with E-state index in [1.165, 1.54) is 0 Å². The lowest BCUT2D eigenvalue weighted by Gasteiger charge is -2.27. The van der Waals surface area contributed by atoms with Crippen molar-refractivity contribution in [3.63, 3.8) is 0 Å². The van der Waals surface area contributed by atoms with Crippen LogP contribution in [-0.4, -0.2) is 36.3 Å². The van der Waals surface area contributed by atoms with Crippen LogP contribution in [0, 0.1) is 5.92 Å². The first-order valence-corrected chi connectivity index (χ1v) is 5.57. The summed E-state index contributed by atoms with van der Waals surface area (Å²) in [6.07, 6.45) is 2.21. The molecule has 0 aromatic carbocycles. The molecular formula is C11H20N2O2. The van der Waals surface area contributed by atoms with Crippen molar-refractivity contribution >= 4 is 11.8 Å². The topological polar surface area (TPSA) is 49.4 Å². The molecule has 4 nitrogen and oxygen atoms in total. The van der Waals surface area contributed by atoms with Crippen molar-refractivity contribution in [3.05, 3.63) is 0 Å². The maximum absolute atomic E-state index is 11.7. The molecule has 1 fully saturated rings. The van der Waals surface area contributed by atoms with Crippen molar-refractivity contribution in [1.82, 2.24) is 10.2 Å². The van der Waals surface area contributed by atoms with Crippen LogP contribution in [0.3, 0.4) is 0 Å². The van der Waals surface area contributed by atoms with Crippen LogP contribution in [0.15, 0.2) is 0 Å². The minimum atomic E-state index is -0.273. The van der Waals surface area contributed by atoms with Crippen molar-refractivity contribution in [1.29, 1.82) is 0 Å². The minimum absolute atomic E-state index is 0.0426. The van der Waals surface area contributed by atoms with E-state index in [0.29, 0.717) is 12.3 Å². The van der Waals surface area contributed by atoms with Crippen molar-refractivity contribution in [2.75, 3.05) is 13.6 Å². The molecule has 1 heterocycles. The fourth-order valence-corrected chi connectivity index (χ4v) is 1.99. The highest BCUT2D eigenvalue weighted by atomic mass is 16.2. The molecule has 1 unspecified atom stereocenters. The van der Waals surface area contributed by atoms with E-state index >= 15 is 0 Å². The van der Waals surface area contributed by atoms with E-state index in [1.807, 2.05) is 0 Å². The minimum Gasteiger partial charge on any atom is -0.357 e. The molecule has 0 saturated carbocycles. The highest BCUT2D eigenvalue weighted by Gasteiger charge is 2.32. The summed E-state index contributed by atoms with van der Waals surface area (Å²) in [5.41, 5.74) is 0. The van der Waals surface area contributed by atoms with Gasteiger partial charge in [0.05, 0.1) is 0 Å². The number of rotatable bonds is 4. The van der Waals surface area contributed by atoms with E-state index in [4.69, 9.17) is 0 Å². The van der Waals surface area contributed by atoms with E-state index in [9.17, 15) is 9.59 Å². The number of hydrogen-bond acceptors (Lipinski definition) is 2. The molecule has 0 spiro atoms. The van der Waals surface area contributed by atoms with Crippen LogP contribution in [-0.2, 0) is 9.59 Å². The van der Waals surface area contributed by atoms with Crippen molar-refractivity contribution in [2.45, 2.75) is 39.2 Å². The smallest absolute Gasteiger partial charge is 0.242 e. The van der Waals surface area contributed by atoms with E-state index in [-0.39, 0.29) is 17.9 Å². The predicted molar refractivity (Wildman–Crippen MR) is 58.3 cm³/mol. The molecule has 0 bridgehead atoms. The molecule has 0 aromatic rings. The standard InChI is InChI=1S/C11H20N2O2/c1-8(2)7-9(11(15)12-3)13-6-4-5-10(13)14/h8-9H,4-7H2,1-3H3,(H,12,15). The van der Waals surface area contributed by atoms with E-state index in [1.54, 1.807) is 11.9 Å². The Bertz CT molecular complexity index is 251. The quantitative estimate of drug-likeness (QED) is 0.748. The molecule has 0 aromatic heterocycles. The number of nitrogens with zero attached hydrogens (tertiary/aromatic N) is 1. The zero-order valence-electron chi connectivity index (χ0n) is 9.75. The van der Waals surface area contributed by atoms with E-state index < -0.39 is 0 Å². The molecular weight excluding hydrogens is 192 g/mol. The summed E-state index contributed by atoms with van der Waals surface area (Å²) in [5.74, 6) is 0.490. The Kier molecular flexibility index (Phi) is 4.12. The van der Waals surface area contributed by atoms with Crippen LogP contribution in [0.5, 0.6) is 0 Å².